The van der Waals surface area contributed by atoms with Crippen molar-refractivity contribution in [2.75, 3.05) is 39.5 Å². The SMILES string of the molecule is O=C(O)C(Oc1ccc(C(F)(F)F)cn1)c1cccc(C(F)(F)F)c1.O=C(OCCN1CCOCC1)C(Oc1ccc(C(F)(F)F)cn1)c1cccc(C(F)(F)F)c1. The number of benzene rings is 2. The minimum atomic E-state index is -4.69. The molecule has 4 aromatic rings. The minimum Gasteiger partial charge on any atom is -0.478 e. The average Bonchev–Trinajstić information content (AvgIpc) is 3.15. The quantitative estimate of drug-likeness (QED) is 0.116. The van der Waals surface area contributed by atoms with Crippen molar-refractivity contribution in [1.29, 1.82) is 0 Å². The van der Waals surface area contributed by atoms with E-state index in [1.807, 2.05) is 4.90 Å². The third-order valence-corrected chi connectivity index (χ3v) is 7.83. The van der Waals surface area contributed by atoms with Gasteiger partial charge in [0.2, 0.25) is 24.0 Å². The number of carboxylic acid groups (broad SMARTS) is 1. The van der Waals surface area contributed by atoms with Gasteiger partial charge in [-0.25, -0.2) is 19.6 Å². The number of aliphatic carboxylic acids is 1. The van der Waals surface area contributed by atoms with Gasteiger partial charge in [0.1, 0.15) is 6.61 Å². The largest absolute Gasteiger partial charge is 0.478 e. The van der Waals surface area contributed by atoms with E-state index in [-0.39, 0.29) is 23.6 Å². The van der Waals surface area contributed by atoms with E-state index in [4.69, 9.17) is 24.1 Å². The maximum Gasteiger partial charge on any atom is 0.417 e. The summed E-state index contributed by atoms with van der Waals surface area (Å²) < 4.78 is 174. The van der Waals surface area contributed by atoms with Crippen LogP contribution in [0, 0.1) is 0 Å². The van der Waals surface area contributed by atoms with E-state index in [2.05, 4.69) is 9.97 Å². The molecule has 1 N–H and O–H groups in total. The molecule has 1 aliphatic rings. The maximum atomic E-state index is 13.1. The summed E-state index contributed by atoms with van der Waals surface area (Å²) in [6.45, 7) is 2.66. The van der Waals surface area contributed by atoms with Crippen molar-refractivity contribution in [3.8, 4) is 11.8 Å². The minimum absolute atomic E-state index is 0.0574. The molecule has 5 rings (SSSR count). The number of hydrogen-bond acceptors (Lipinski definition) is 9. The van der Waals surface area contributed by atoms with Gasteiger partial charge in [-0.2, -0.15) is 52.7 Å². The van der Waals surface area contributed by atoms with E-state index in [9.17, 15) is 62.3 Å². The van der Waals surface area contributed by atoms with Crippen LogP contribution in [0.2, 0.25) is 0 Å². The lowest BCUT2D eigenvalue weighted by atomic mass is 10.1. The second-order valence-electron chi connectivity index (χ2n) is 12.0. The molecular weight excluding hydrogens is 814 g/mol. The smallest absolute Gasteiger partial charge is 0.417 e. The molecule has 22 heteroatoms. The molecule has 2 aromatic carbocycles. The van der Waals surface area contributed by atoms with Crippen molar-refractivity contribution < 1.29 is 86.3 Å². The zero-order valence-electron chi connectivity index (χ0n) is 29.3. The Balaban J connectivity index is 0.000000267. The lowest BCUT2D eigenvalue weighted by molar-refractivity contribution is -0.153. The van der Waals surface area contributed by atoms with Gasteiger partial charge in [0.05, 0.1) is 35.5 Å². The van der Waals surface area contributed by atoms with Crippen LogP contribution in [0.5, 0.6) is 11.8 Å². The maximum absolute atomic E-state index is 13.1. The van der Waals surface area contributed by atoms with E-state index in [0.717, 1.165) is 48.5 Å². The predicted molar refractivity (Wildman–Crippen MR) is 174 cm³/mol. The Morgan fingerprint density at radius 3 is 1.47 bits per heavy atom. The lowest BCUT2D eigenvalue weighted by Gasteiger charge is -2.26. The standard InChI is InChI=1S/C21H20F6N2O4.C15H9F6NO3/c22-20(23,24)15-3-1-2-14(12-15)18(19(30)32-11-8-29-6-9-31-10-7-29)33-17-5-4-16(13-28-17)21(25,26)27;16-14(17,18)9-3-1-2-8(6-9)12(13(23)24)25-11-5-4-10(7-22-11)15(19,20)21/h1-5,12-13,18H,6-11H2;1-7,12H,(H,23,24). The molecule has 2 aromatic heterocycles. The number of esters is 1. The average molecular weight is 844 g/mol. The molecule has 1 saturated heterocycles. The van der Waals surface area contributed by atoms with Gasteiger partial charge in [0.15, 0.2) is 0 Å². The highest BCUT2D eigenvalue weighted by atomic mass is 19.4. The third-order valence-electron chi connectivity index (χ3n) is 7.83. The number of morpholine rings is 1. The number of nitrogens with zero attached hydrogens (tertiary/aromatic N) is 3. The Morgan fingerprint density at radius 2 is 1.07 bits per heavy atom. The van der Waals surface area contributed by atoms with Crippen LogP contribution in [0.4, 0.5) is 52.7 Å². The highest BCUT2D eigenvalue weighted by Crippen LogP contribution is 2.35. The molecule has 1 aliphatic heterocycles. The molecule has 0 saturated carbocycles. The van der Waals surface area contributed by atoms with E-state index in [0.29, 0.717) is 63.4 Å². The van der Waals surface area contributed by atoms with Crippen molar-refractivity contribution >= 4 is 11.9 Å². The third kappa shape index (κ3) is 13.2. The Hall–Kier alpha value is -5.64. The first-order chi connectivity index (χ1) is 27.0. The zero-order chi connectivity index (χ0) is 42.9. The van der Waals surface area contributed by atoms with Crippen molar-refractivity contribution in [3.63, 3.8) is 0 Å². The van der Waals surface area contributed by atoms with Gasteiger partial charge < -0.3 is 24.1 Å². The summed E-state index contributed by atoms with van der Waals surface area (Å²) in [6.07, 6.45) is -21.2. The van der Waals surface area contributed by atoms with Crippen LogP contribution in [0.1, 0.15) is 45.6 Å². The number of rotatable bonds is 11. The van der Waals surface area contributed by atoms with Crippen molar-refractivity contribution in [2.45, 2.75) is 36.9 Å². The summed E-state index contributed by atoms with van der Waals surface area (Å²) in [4.78, 5) is 32.8. The second-order valence-corrected chi connectivity index (χ2v) is 12.0. The lowest BCUT2D eigenvalue weighted by Crippen LogP contribution is -2.38. The molecule has 1 fully saturated rings. The van der Waals surface area contributed by atoms with Gasteiger partial charge >= 0.3 is 36.6 Å². The van der Waals surface area contributed by atoms with E-state index in [1.165, 1.54) is 6.07 Å². The van der Waals surface area contributed by atoms with Gasteiger partial charge in [-0.1, -0.05) is 24.3 Å². The van der Waals surface area contributed by atoms with Crippen LogP contribution < -0.4 is 9.47 Å². The molecule has 58 heavy (non-hydrogen) atoms. The second kappa shape index (κ2) is 18.7. The first-order valence-electron chi connectivity index (χ1n) is 16.5. The Labute approximate surface area is 319 Å². The molecular formula is C36H29F12N3O7. The molecule has 10 nitrogen and oxygen atoms in total. The zero-order valence-corrected chi connectivity index (χ0v) is 29.3. The predicted octanol–water partition coefficient (Wildman–Crippen LogP) is 8.44. The topological polar surface area (TPSA) is 120 Å². The summed E-state index contributed by atoms with van der Waals surface area (Å²) >= 11 is 0. The van der Waals surface area contributed by atoms with Crippen LogP contribution in [0.3, 0.4) is 0 Å². The van der Waals surface area contributed by atoms with Crippen LogP contribution in [0.15, 0.2) is 85.2 Å². The van der Waals surface area contributed by atoms with Gasteiger partial charge in [-0.05, 0) is 36.4 Å². The molecule has 2 unspecified atom stereocenters. The number of halogens is 12. The van der Waals surface area contributed by atoms with E-state index in [1.54, 1.807) is 0 Å². The summed E-state index contributed by atoms with van der Waals surface area (Å²) in [5.74, 6) is -3.47. The summed E-state index contributed by atoms with van der Waals surface area (Å²) in [5.41, 5.74) is -4.73. The Morgan fingerprint density at radius 1 is 0.638 bits per heavy atom. The number of ether oxygens (including phenoxy) is 4. The van der Waals surface area contributed by atoms with Gasteiger partial charge in [0, 0.05) is 55.3 Å². The van der Waals surface area contributed by atoms with Crippen molar-refractivity contribution in [1.82, 2.24) is 14.9 Å². The number of carbonyl (C=O) groups is 2. The molecule has 0 radical (unpaired) electrons. The summed E-state index contributed by atoms with van der Waals surface area (Å²) in [6, 6.07) is 10.3. The van der Waals surface area contributed by atoms with Crippen LogP contribution in [0.25, 0.3) is 0 Å². The molecule has 314 valence electrons. The highest BCUT2D eigenvalue weighted by molar-refractivity contribution is 5.77. The first kappa shape index (κ1) is 45.1. The molecule has 0 bridgehead atoms. The first-order valence-corrected chi connectivity index (χ1v) is 16.5. The number of aromatic nitrogens is 2. The number of carboxylic acids is 1. The van der Waals surface area contributed by atoms with Gasteiger partial charge in [0.25, 0.3) is 0 Å². The number of carbonyl (C=O) groups excluding carboxylic acids is 1. The number of hydrogen-bond donors (Lipinski definition) is 1. The fraction of sp³-hybridized carbons (Fsp3) is 0.333. The number of alkyl halides is 12. The van der Waals surface area contributed by atoms with Crippen molar-refractivity contribution in [3.05, 3.63) is 119 Å². The normalized spacial score (nSPS) is 15.0. The fourth-order valence-electron chi connectivity index (χ4n) is 4.92. The Bertz CT molecular complexity index is 1970. The molecule has 0 spiro atoms. The summed E-state index contributed by atoms with van der Waals surface area (Å²) in [5, 5.41) is 9.15. The molecule has 2 atom stereocenters. The summed E-state index contributed by atoms with van der Waals surface area (Å²) in [7, 11) is 0. The molecule has 0 amide bonds. The van der Waals surface area contributed by atoms with Gasteiger partial charge in [-0.3, -0.25) is 4.90 Å². The van der Waals surface area contributed by atoms with E-state index >= 15 is 0 Å². The number of pyridine rings is 2. The molecule has 3 heterocycles. The fourth-order valence-corrected chi connectivity index (χ4v) is 4.92. The van der Waals surface area contributed by atoms with Crippen LogP contribution in [-0.2, 0) is 43.8 Å². The molecule has 0 aliphatic carbocycles. The Kier molecular flexibility index (Phi) is 14.6. The van der Waals surface area contributed by atoms with Crippen LogP contribution >= 0.6 is 0 Å². The van der Waals surface area contributed by atoms with Gasteiger partial charge in [-0.15, -0.1) is 0 Å². The van der Waals surface area contributed by atoms with Crippen molar-refractivity contribution in [2.24, 2.45) is 0 Å². The highest BCUT2D eigenvalue weighted by Gasteiger charge is 2.36. The van der Waals surface area contributed by atoms with E-state index < -0.39 is 77.0 Å². The van der Waals surface area contributed by atoms with Crippen LogP contribution in [-0.4, -0.2) is 71.4 Å². The monoisotopic (exact) mass is 843 g/mol.